The average molecular weight is 249 g/mol. The first-order valence-electron chi connectivity index (χ1n) is 6.33. The van der Waals surface area contributed by atoms with E-state index < -0.39 is 0 Å². The van der Waals surface area contributed by atoms with E-state index in [4.69, 9.17) is 4.74 Å². The number of esters is 1. The number of rotatable bonds is 5. The summed E-state index contributed by atoms with van der Waals surface area (Å²) in [4.78, 5) is 11.6. The summed E-state index contributed by atoms with van der Waals surface area (Å²) in [6, 6.07) is 6.09. The van der Waals surface area contributed by atoms with Gasteiger partial charge in [-0.2, -0.15) is 0 Å². The van der Waals surface area contributed by atoms with Gasteiger partial charge in [-0.15, -0.1) is 0 Å². The van der Waals surface area contributed by atoms with Crippen LogP contribution in [0.1, 0.15) is 30.5 Å². The second-order valence-corrected chi connectivity index (χ2v) is 5.06. The normalized spacial score (nSPS) is 12.6. The van der Waals surface area contributed by atoms with Crippen LogP contribution in [0.3, 0.4) is 0 Å². The van der Waals surface area contributed by atoms with Crippen molar-refractivity contribution in [3.05, 3.63) is 34.9 Å². The van der Waals surface area contributed by atoms with E-state index in [1.165, 1.54) is 23.8 Å². The molecule has 3 heteroatoms. The van der Waals surface area contributed by atoms with Crippen LogP contribution < -0.4 is 5.32 Å². The van der Waals surface area contributed by atoms with Crippen molar-refractivity contribution in [3.63, 3.8) is 0 Å². The second kappa shape index (κ2) is 6.55. The summed E-state index contributed by atoms with van der Waals surface area (Å²) in [5, 5.41) is 3.27. The van der Waals surface area contributed by atoms with Crippen molar-refractivity contribution < 1.29 is 9.53 Å². The molecule has 1 aromatic carbocycles. The van der Waals surface area contributed by atoms with Gasteiger partial charge in [0.15, 0.2) is 0 Å². The molecule has 0 aliphatic rings. The molecular weight excluding hydrogens is 226 g/mol. The molecular formula is C15H23NO2. The van der Waals surface area contributed by atoms with Crippen LogP contribution in [0.2, 0.25) is 0 Å². The average Bonchev–Trinajstić information content (AvgIpc) is 2.31. The molecule has 1 rings (SSSR count). The molecule has 0 spiro atoms. The SMILES string of the molecule is COC(=O)[C@H](NCc1ccc(C)cc1C)C(C)C. The van der Waals surface area contributed by atoms with Crippen molar-refractivity contribution in [1.82, 2.24) is 5.32 Å². The van der Waals surface area contributed by atoms with Crippen LogP contribution >= 0.6 is 0 Å². The summed E-state index contributed by atoms with van der Waals surface area (Å²) >= 11 is 0. The molecule has 3 nitrogen and oxygen atoms in total. The van der Waals surface area contributed by atoms with Crippen molar-refractivity contribution in [3.8, 4) is 0 Å². The quantitative estimate of drug-likeness (QED) is 0.815. The van der Waals surface area contributed by atoms with E-state index in [0.29, 0.717) is 6.54 Å². The van der Waals surface area contributed by atoms with Crippen LogP contribution in [0.25, 0.3) is 0 Å². The topological polar surface area (TPSA) is 38.3 Å². The van der Waals surface area contributed by atoms with Gasteiger partial charge >= 0.3 is 5.97 Å². The van der Waals surface area contributed by atoms with Gasteiger partial charge in [-0.05, 0) is 30.9 Å². The van der Waals surface area contributed by atoms with E-state index in [2.05, 4.69) is 37.4 Å². The summed E-state index contributed by atoms with van der Waals surface area (Å²) in [5.74, 6) is 0.0120. The van der Waals surface area contributed by atoms with E-state index >= 15 is 0 Å². The first-order chi connectivity index (χ1) is 8.45. The number of ether oxygens (including phenoxy) is 1. The van der Waals surface area contributed by atoms with Crippen LogP contribution in [-0.4, -0.2) is 19.1 Å². The Morgan fingerprint density at radius 3 is 2.50 bits per heavy atom. The summed E-state index contributed by atoms with van der Waals surface area (Å²) in [5.41, 5.74) is 3.72. The van der Waals surface area contributed by atoms with Crippen LogP contribution in [0, 0.1) is 19.8 Å². The lowest BCUT2D eigenvalue weighted by atomic mass is 10.0. The molecule has 0 radical (unpaired) electrons. The van der Waals surface area contributed by atoms with Gasteiger partial charge in [0.1, 0.15) is 6.04 Å². The predicted octanol–water partition coefficient (Wildman–Crippen LogP) is 2.59. The van der Waals surface area contributed by atoms with Gasteiger partial charge in [-0.3, -0.25) is 4.79 Å². The van der Waals surface area contributed by atoms with Crippen LogP contribution in [0.5, 0.6) is 0 Å². The fraction of sp³-hybridized carbons (Fsp3) is 0.533. The molecule has 0 fully saturated rings. The van der Waals surface area contributed by atoms with Gasteiger partial charge in [0.05, 0.1) is 7.11 Å². The molecule has 0 aliphatic heterocycles. The predicted molar refractivity (Wildman–Crippen MR) is 73.4 cm³/mol. The Labute approximate surface area is 110 Å². The highest BCUT2D eigenvalue weighted by molar-refractivity contribution is 5.75. The van der Waals surface area contributed by atoms with Gasteiger partial charge in [0.2, 0.25) is 0 Å². The van der Waals surface area contributed by atoms with Crippen molar-refractivity contribution >= 4 is 5.97 Å². The molecule has 0 unspecified atom stereocenters. The van der Waals surface area contributed by atoms with E-state index in [9.17, 15) is 4.79 Å². The number of hydrogen-bond acceptors (Lipinski definition) is 3. The Morgan fingerprint density at radius 2 is 2.00 bits per heavy atom. The zero-order valence-corrected chi connectivity index (χ0v) is 11.9. The zero-order chi connectivity index (χ0) is 13.7. The molecule has 0 saturated carbocycles. The molecule has 1 N–H and O–H groups in total. The van der Waals surface area contributed by atoms with Crippen molar-refractivity contribution in [1.29, 1.82) is 0 Å². The van der Waals surface area contributed by atoms with Crippen LogP contribution in [-0.2, 0) is 16.1 Å². The highest BCUT2D eigenvalue weighted by Crippen LogP contribution is 2.12. The standard InChI is InChI=1S/C15H23NO2/c1-10(2)14(15(17)18-5)16-9-13-7-6-11(3)8-12(13)4/h6-8,10,14,16H,9H2,1-5H3/t14-/m1/s1. The van der Waals surface area contributed by atoms with Crippen molar-refractivity contribution in [2.75, 3.05) is 7.11 Å². The lowest BCUT2D eigenvalue weighted by Gasteiger charge is -2.20. The largest absolute Gasteiger partial charge is 0.468 e. The van der Waals surface area contributed by atoms with Gasteiger partial charge in [0.25, 0.3) is 0 Å². The minimum absolute atomic E-state index is 0.199. The molecule has 100 valence electrons. The summed E-state index contributed by atoms with van der Waals surface area (Å²) in [6.07, 6.45) is 0. The zero-order valence-electron chi connectivity index (χ0n) is 11.9. The summed E-state index contributed by atoms with van der Waals surface area (Å²) < 4.78 is 4.81. The van der Waals surface area contributed by atoms with Crippen molar-refractivity contribution in [2.45, 2.75) is 40.3 Å². The third-order valence-electron chi connectivity index (χ3n) is 3.13. The van der Waals surface area contributed by atoms with E-state index in [0.717, 1.165) is 0 Å². The fourth-order valence-electron chi connectivity index (χ4n) is 1.98. The second-order valence-electron chi connectivity index (χ2n) is 5.06. The maximum absolute atomic E-state index is 11.6. The fourth-order valence-corrected chi connectivity index (χ4v) is 1.98. The lowest BCUT2D eigenvalue weighted by molar-refractivity contribution is -0.144. The molecule has 1 aromatic rings. The van der Waals surface area contributed by atoms with Crippen LogP contribution in [0.4, 0.5) is 0 Å². The maximum Gasteiger partial charge on any atom is 0.323 e. The lowest BCUT2D eigenvalue weighted by Crippen LogP contribution is -2.41. The van der Waals surface area contributed by atoms with E-state index in [-0.39, 0.29) is 17.9 Å². The van der Waals surface area contributed by atoms with Crippen LogP contribution in [0.15, 0.2) is 18.2 Å². The molecule has 0 aromatic heterocycles. The van der Waals surface area contributed by atoms with Crippen molar-refractivity contribution in [2.24, 2.45) is 5.92 Å². The molecule has 0 heterocycles. The van der Waals surface area contributed by atoms with Gasteiger partial charge in [-0.25, -0.2) is 0 Å². The minimum atomic E-state index is -0.254. The number of nitrogens with one attached hydrogen (secondary N) is 1. The Hall–Kier alpha value is -1.35. The third-order valence-corrected chi connectivity index (χ3v) is 3.13. The Kier molecular flexibility index (Phi) is 5.35. The molecule has 0 saturated heterocycles. The Balaban J connectivity index is 2.70. The number of carbonyl (C=O) groups excluding carboxylic acids is 1. The minimum Gasteiger partial charge on any atom is -0.468 e. The van der Waals surface area contributed by atoms with E-state index in [1.54, 1.807) is 0 Å². The molecule has 0 bridgehead atoms. The smallest absolute Gasteiger partial charge is 0.323 e. The molecule has 0 aliphatic carbocycles. The van der Waals surface area contributed by atoms with E-state index in [1.807, 2.05) is 13.8 Å². The molecule has 1 atom stereocenters. The Morgan fingerprint density at radius 1 is 1.33 bits per heavy atom. The number of benzene rings is 1. The maximum atomic E-state index is 11.6. The number of aryl methyl sites for hydroxylation is 2. The highest BCUT2D eigenvalue weighted by atomic mass is 16.5. The summed E-state index contributed by atoms with van der Waals surface area (Å²) in [6.45, 7) is 8.87. The molecule has 0 amide bonds. The number of methoxy groups -OCH3 is 1. The highest BCUT2D eigenvalue weighted by Gasteiger charge is 2.22. The monoisotopic (exact) mass is 249 g/mol. The first-order valence-corrected chi connectivity index (χ1v) is 6.33. The third kappa shape index (κ3) is 3.84. The van der Waals surface area contributed by atoms with Gasteiger partial charge in [-0.1, -0.05) is 37.6 Å². The molecule has 18 heavy (non-hydrogen) atoms. The first kappa shape index (κ1) is 14.7. The van der Waals surface area contributed by atoms with Gasteiger partial charge < -0.3 is 10.1 Å². The van der Waals surface area contributed by atoms with Gasteiger partial charge in [0, 0.05) is 6.54 Å². The number of carbonyl (C=O) groups is 1. The number of hydrogen-bond donors (Lipinski definition) is 1. The summed E-state index contributed by atoms with van der Waals surface area (Å²) in [7, 11) is 1.43. The Bertz CT molecular complexity index is 413.